The largest absolute Gasteiger partial charge is 0.480 e. The molecule has 0 saturated carbocycles. The summed E-state index contributed by atoms with van der Waals surface area (Å²) >= 11 is 5.87. The van der Waals surface area contributed by atoms with Gasteiger partial charge in [-0.25, -0.2) is 4.98 Å². The third-order valence-corrected chi connectivity index (χ3v) is 5.03. The molecule has 0 aliphatic heterocycles. The van der Waals surface area contributed by atoms with Crippen molar-refractivity contribution in [1.82, 2.24) is 20.5 Å². The smallest absolute Gasteiger partial charge is 0.256 e. The Morgan fingerprint density at radius 2 is 1.97 bits per heavy atom. The Kier molecular flexibility index (Phi) is 5.65. The number of H-pyrrole nitrogens is 1. The van der Waals surface area contributed by atoms with E-state index in [9.17, 15) is 9.90 Å². The quantitative estimate of drug-likeness (QED) is 0.439. The Bertz CT molecular complexity index is 1190. The molecule has 0 bridgehead atoms. The lowest BCUT2D eigenvalue weighted by Crippen LogP contribution is -2.29. The van der Waals surface area contributed by atoms with Gasteiger partial charge in [0, 0.05) is 28.7 Å². The van der Waals surface area contributed by atoms with Gasteiger partial charge in [-0.3, -0.25) is 9.89 Å². The predicted molar refractivity (Wildman–Crippen MR) is 115 cm³/mol. The highest BCUT2D eigenvalue weighted by molar-refractivity contribution is 6.30. The summed E-state index contributed by atoms with van der Waals surface area (Å²) in [6.45, 7) is 0.0365. The molecule has 0 saturated heterocycles. The number of carbonyl (C=O) groups excluding carboxylic acids is 1. The van der Waals surface area contributed by atoms with E-state index in [1.54, 1.807) is 42.7 Å². The fourth-order valence-electron chi connectivity index (χ4n) is 3.15. The molecule has 0 aliphatic carbocycles. The van der Waals surface area contributed by atoms with Gasteiger partial charge in [0.1, 0.15) is 5.56 Å². The summed E-state index contributed by atoms with van der Waals surface area (Å²) in [6, 6.07) is 14.3. The van der Waals surface area contributed by atoms with Crippen molar-refractivity contribution < 1.29 is 14.6 Å². The summed E-state index contributed by atoms with van der Waals surface area (Å²) < 4.78 is 5.26. The van der Waals surface area contributed by atoms with Crippen molar-refractivity contribution in [3.63, 3.8) is 0 Å². The lowest BCUT2D eigenvalue weighted by atomic mass is 10.0. The molecule has 0 spiro atoms. The average molecular weight is 423 g/mol. The van der Waals surface area contributed by atoms with Crippen LogP contribution in [-0.4, -0.2) is 39.8 Å². The van der Waals surface area contributed by atoms with Crippen LogP contribution in [-0.2, 0) is 0 Å². The molecule has 4 rings (SSSR count). The standard InChI is InChI=1S/C22H19ClN4O3/c1-30-22-18(21(29)24-12-20(28)13-2-5-17(23)6-3-13)9-15(10-25-22)14-4-7-19-16(8-14)11-26-27-19/h2-11,20,28H,12H2,1H3,(H,24,29)(H,26,27). The molecule has 1 unspecified atom stereocenters. The fraction of sp³-hybridized carbons (Fsp3) is 0.136. The normalized spacial score (nSPS) is 12.0. The van der Waals surface area contributed by atoms with Gasteiger partial charge in [-0.05, 0) is 41.5 Å². The molecular formula is C22H19ClN4O3. The number of amides is 1. The summed E-state index contributed by atoms with van der Waals surface area (Å²) in [4.78, 5) is 17.1. The number of methoxy groups -OCH3 is 1. The number of hydrogen-bond donors (Lipinski definition) is 3. The second-order valence-electron chi connectivity index (χ2n) is 6.73. The SMILES string of the molecule is COc1ncc(-c2ccc3[nH]ncc3c2)cc1C(=O)NCC(O)c1ccc(Cl)cc1. The van der Waals surface area contributed by atoms with E-state index in [-0.39, 0.29) is 18.0 Å². The summed E-state index contributed by atoms with van der Waals surface area (Å²) in [5.74, 6) is -0.180. The van der Waals surface area contributed by atoms with E-state index in [1.807, 2.05) is 18.2 Å². The third-order valence-electron chi connectivity index (χ3n) is 4.77. The van der Waals surface area contributed by atoms with Crippen molar-refractivity contribution in [2.45, 2.75) is 6.10 Å². The number of aliphatic hydroxyl groups excluding tert-OH is 1. The van der Waals surface area contributed by atoms with Crippen LogP contribution in [0.25, 0.3) is 22.0 Å². The second-order valence-corrected chi connectivity index (χ2v) is 7.17. The van der Waals surface area contributed by atoms with E-state index >= 15 is 0 Å². The number of benzene rings is 2. The molecule has 4 aromatic rings. The summed E-state index contributed by atoms with van der Waals surface area (Å²) in [5, 5.41) is 21.5. The molecule has 8 heteroatoms. The molecule has 2 aromatic carbocycles. The van der Waals surface area contributed by atoms with Gasteiger partial charge in [-0.15, -0.1) is 0 Å². The molecule has 30 heavy (non-hydrogen) atoms. The van der Waals surface area contributed by atoms with Crippen molar-refractivity contribution >= 4 is 28.4 Å². The van der Waals surface area contributed by atoms with Crippen molar-refractivity contribution in [2.24, 2.45) is 0 Å². The zero-order valence-electron chi connectivity index (χ0n) is 16.1. The topological polar surface area (TPSA) is 100 Å². The minimum atomic E-state index is -0.864. The van der Waals surface area contributed by atoms with Crippen LogP contribution in [0.2, 0.25) is 5.02 Å². The van der Waals surface area contributed by atoms with E-state index in [2.05, 4.69) is 20.5 Å². The van der Waals surface area contributed by atoms with Crippen molar-refractivity contribution in [2.75, 3.05) is 13.7 Å². The number of rotatable bonds is 6. The van der Waals surface area contributed by atoms with E-state index in [1.165, 1.54) is 7.11 Å². The molecule has 152 valence electrons. The van der Waals surface area contributed by atoms with E-state index in [0.717, 1.165) is 22.0 Å². The molecule has 3 N–H and O–H groups in total. The Labute approximate surface area is 177 Å². The number of nitrogens with zero attached hydrogens (tertiary/aromatic N) is 2. The van der Waals surface area contributed by atoms with E-state index < -0.39 is 12.0 Å². The number of nitrogens with one attached hydrogen (secondary N) is 2. The molecule has 1 atom stereocenters. The van der Waals surface area contributed by atoms with Gasteiger partial charge in [0.05, 0.1) is 24.9 Å². The van der Waals surface area contributed by atoms with Crippen molar-refractivity contribution in [1.29, 1.82) is 0 Å². The minimum Gasteiger partial charge on any atom is -0.480 e. The van der Waals surface area contributed by atoms with Crippen molar-refractivity contribution in [3.8, 4) is 17.0 Å². The van der Waals surface area contributed by atoms with Crippen LogP contribution in [0.5, 0.6) is 5.88 Å². The Hall–Kier alpha value is -3.42. The van der Waals surface area contributed by atoms with Crippen LogP contribution in [0.1, 0.15) is 22.0 Å². The Morgan fingerprint density at radius 1 is 1.17 bits per heavy atom. The fourth-order valence-corrected chi connectivity index (χ4v) is 3.27. The Balaban J connectivity index is 1.55. The lowest BCUT2D eigenvalue weighted by Gasteiger charge is -2.14. The zero-order valence-corrected chi connectivity index (χ0v) is 16.8. The first-order valence-corrected chi connectivity index (χ1v) is 9.62. The van der Waals surface area contributed by atoms with Crippen LogP contribution in [0.4, 0.5) is 0 Å². The highest BCUT2D eigenvalue weighted by Gasteiger charge is 2.17. The maximum atomic E-state index is 12.8. The number of aromatic amines is 1. The molecule has 0 aliphatic rings. The Morgan fingerprint density at radius 3 is 2.73 bits per heavy atom. The first kappa shape index (κ1) is 19.9. The number of carbonyl (C=O) groups is 1. The van der Waals surface area contributed by atoms with Crippen LogP contribution < -0.4 is 10.1 Å². The van der Waals surface area contributed by atoms with Gasteiger partial charge in [0.15, 0.2) is 0 Å². The minimum absolute atomic E-state index is 0.0365. The summed E-state index contributed by atoms with van der Waals surface area (Å²) in [6.07, 6.45) is 2.53. The van der Waals surface area contributed by atoms with Crippen LogP contribution in [0.15, 0.2) is 60.9 Å². The monoisotopic (exact) mass is 422 g/mol. The number of pyridine rings is 1. The number of aromatic nitrogens is 3. The van der Waals surface area contributed by atoms with Crippen LogP contribution in [0.3, 0.4) is 0 Å². The van der Waals surface area contributed by atoms with Gasteiger partial charge < -0.3 is 15.2 Å². The predicted octanol–water partition coefficient (Wildman–Crippen LogP) is 3.75. The maximum absolute atomic E-state index is 12.8. The average Bonchev–Trinajstić information content (AvgIpc) is 3.25. The lowest BCUT2D eigenvalue weighted by molar-refractivity contribution is 0.0912. The zero-order chi connectivity index (χ0) is 21.1. The molecular weight excluding hydrogens is 404 g/mol. The van der Waals surface area contributed by atoms with Gasteiger partial charge in [-0.2, -0.15) is 5.10 Å². The molecule has 0 radical (unpaired) electrons. The van der Waals surface area contributed by atoms with E-state index in [0.29, 0.717) is 10.6 Å². The molecule has 0 fully saturated rings. The van der Waals surface area contributed by atoms with Gasteiger partial charge in [0.25, 0.3) is 5.91 Å². The number of hydrogen-bond acceptors (Lipinski definition) is 5. The van der Waals surface area contributed by atoms with Gasteiger partial charge in [0.2, 0.25) is 5.88 Å². The summed E-state index contributed by atoms with van der Waals surface area (Å²) in [5.41, 5.74) is 3.53. The highest BCUT2D eigenvalue weighted by atomic mass is 35.5. The van der Waals surface area contributed by atoms with Crippen LogP contribution >= 0.6 is 11.6 Å². The second kappa shape index (κ2) is 8.52. The van der Waals surface area contributed by atoms with Gasteiger partial charge in [-0.1, -0.05) is 29.8 Å². The molecule has 7 nitrogen and oxygen atoms in total. The first-order chi connectivity index (χ1) is 14.5. The first-order valence-electron chi connectivity index (χ1n) is 9.24. The van der Waals surface area contributed by atoms with Gasteiger partial charge >= 0.3 is 0 Å². The van der Waals surface area contributed by atoms with Crippen molar-refractivity contribution in [3.05, 3.63) is 77.1 Å². The number of ether oxygens (including phenoxy) is 1. The van der Waals surface area contributed by atoms with Crippen LogP contribution in [0, 0.1) is 0 Å². The number of halogens is 1. The molecule has 2 heterocycles. The highest BCUT2D eigenvalue weighted by Crippen LogP contribution is 2.27. The molecule has 1 amide bonds. The third kappa shape index (κ3) is 4.12. The maximum Gasteiger partial charge on any atom is 0.256 e. The number of aliphatic hydroxyl groups is 1. The molecule has 2 aromatic heterocycles. The number of fused-ring (bicyclic) bond motifs is 1. The van der Waals surface area contributed by atoms with E-state index in [4.69, 9.17) is 16.3 Å². The summed E-state index contributed by atoms with van der Waals surface area (Å²) in [7, 11) is 1.46.